The zero-order chi connectivity index (χ0) is 19.2. The SMILES string of the molecule is COCCN(Cc1nc(C(=O)NC2CC2)cs1)C(=O)Nc1ccccc1F. The van der Waals surface area contributed by atoms with Gasteiger partial charge in [-0.3, -0.25) is 4.79 Å². The molecule has 1 saturated carbocycles. The first kappa shape index (κ1) is 19.2. The van der Waals surface area contributed by atoms with Crippen LogP contribution >= 0.6 is 11.3 Å². The van der Waals surface area contributed by atoms with E-state index in [4.69, 9.17) is 4.74 Å². The van der Waals surface area contributed by atoms with E-state index in [1.165, 1.54) is 35.5 Å². The molecule has 0 atom stereocenters. The second-order valence-corrected chi connectivity index (χ2v) is 7.14. The molecule has 2 aromatic rings. The number of anilines is 1. The van der Waals surface area contributed by atoms with E-state index in [1.807, 2.05) is 0 Å². The van der Waals surface area contributed by atoms with Crippen LogP contribution in [0.4, 0.5) is 14.9 Å². The number of nitrogens with zero attached hydrogens (tertiary/aromatic N) is 2. The molecule has 1 aliphatic rings. The van der Waals surface area contributed by atoms with Gasteiger partial charge in [-0.15, -0.1) is 11.3 Å². The molecule has 7 nitrogen and oxygen atoms in total. The van der Waals surface area contributed by atoms with Gasteiger partial charge in [0.1, 0.15) is 16.5 Å². The Labute approximate surface area is 160 Å². The minimum Gasteiger partial charge on any atom is -0.383 e. The Kier molecular flexibility index (Phi) is 6.36. The molecule has 144 valence electrons. The fourth-order valence-electron chi connectivity index (χ4n) is 2.35. The summed E-state index contributed by atoms with van der Waals surface area (Å²) in [5, 5.41) is 7.74. The normalized spacial score (nSPS) is 13.3. The molecule has 0 unspecified atom stereocenters. The maximum absolute atomic E-state index is 13.8. The molecule has 1 heterocycles. The first-order valence-electron chi connectivity index (χ1n) is 8.61. The lowest BCUT2D eigenvalue weighted by molar-refractivity contribution is 0.0946. The Bertz CT molecular complexity index is 809. The van der Waals surface area contributed by atoms with Gasteiger partial charge in [-0.1, -0.05) is 12.1 Å². The van der Waals surface area contributed by atoms with Gasteiger partial charge in [0.25, 0.3) is 5.91 Å². The van der Waals surface area contributed by atoms with Crippen LogP contribution in [0.3, 0.4) is 0 Å². The largest absolute Gasteiger partial charge is 0.383 e. The summed E-state index contributed by atoms with van der Waals surface area (Å²) in [6.45, 7) is 0.829. The molecule has 1 fully saturated rings. The molecular weight excluding hydrogens is 371 g/mol. The topological polar surface area (TPSA) is 83.6 Å². The maximum Gasteiger partial charge on any atom is 0.322 e. The predicted octanol–water partition coefficient (Wildman–Crippen LogP) is 2.85. The third-order valence-corrected chi connectivity index (χ3v) is 4.82. The number of para-hydroxylation sites is 1. The highest BCUT2D eigenvalue weighted by molar-refractivity contribution is 7.09. The zero-order valence-electron chi connectivity index (χ0n) is 14.9. The van der Waals surface area contributed by atoms with Crippen molar-refractivity contribution in [1.82, 2.24) is 15.2 Å². The van der Waals surface area contributed by atoms with Crippen molar-refractivity contribution in [1.29, 1.82) is 0 Å². The smallest absolute Gasteiger partial charge is 0.322 e. The molecule has 0 radical (unpaired) electrons. The second-order valence-electron chi connectivity index (χ2n) is 6.20. The summed E-state index contributed by atoms with van der Waals surface area (Å²) in [5.74, 6) is -0.704. The number of carbonyl (C=O) groups is 2. The van der Waals surface area contributed by atoms with Crippen LogP contribution in [0.2, 0.25) is 0 Å². The molecule has 1 aromatic carbocycles. The number of carbonyl (C=O) groups excluding carboxylic acids is 2. The van der Waals surface area contributed by atoms with E-state index in [2.05, 4.69) is 15.6 Å². The standard InChI is InChI=1S/C18H21FN4O3S/c1-26-9-8-23(18(25)22-14-5-3-2-4-13(14)19)10-16-21-15(11-27-16)17(24)20-12-6-7-12/h2-5,11-12H,6-10H2,1H3,(H,20,24)(H,22,25). The number of ether oxygens (including phenoxy) is 1. The lowest BCUT2D eigenvalue weighted by atomic mass is 10.3. The molecule has 0 saturated heterocycles. The van der Waals surface area contributed by atoms with E-state index >= 15 is 0 Å². The number of hydrogen-bond donors (Lipinski definition) is 2. The average Bonchev–Trinajstić information content (AvgIpc) is 3.34. The van der Waals surface area contributed by atoms with Crippen LogP contribution in [0, 0.1) is 5.82 Å². The van der Waals surface area contributed by atoms with E-state index in [9.17, 15) is 14.0 Å². The number of rotatable bonds is 8. The summed E-state index contributed by atoms with van der Waals surface area (Å²) < 4.78 is 18.8. The van der Waals surface area contributed by atoms with Gasteiger partial charge in [-0.05, 0) is 25.0 Å². The average molecular weight is 392 g/mol. The Balaban J connectivity index is 1.65. The molecule has 3 amide bonds. The number of urea groups is 1. The maximum atomic E-state index is 13.8. The Morgan fingerprint density at radius 3 is 2.85 bits per heavy atom. The highest BCUT2D eigenvalue weighted by atomic mass is 32.1. The van der Waals surface area contributed by atoms with Crippen molar-refractivity contribution in [3.8, 4) is 0 Å². The molecule has 9 heteroatoms. The number of nitrogens with one attached hydrogen (secondary N) is 2. The lowest BCUT2D eigenvalue weighted by Crippen LogP contribution is -2.37. The van der Waals surface area contributed by atoms with E-state index in [1.54, 1.807) is 17.5 Å². The van der Waals surface area contributed by atoms with Gasteiger partial charge in [0.15, 0.2) is 0 Å². The summed E-state index contributed by atoms with van der Waals surface area (Å²) >= 11 is 1.31. The van der Waals surface area contributed by atoms with Gasteiger partial charge in [-0.2, -0.15) is 0 Å². The van der Waals surface area contributed by atoms with Crippen molar-refractivity contribution in [3.63, 3.8) is 0 Å². The zero-order valence-corrected chi connectivity index (χ0v) is 15.7. The van der Waals surface area contributed by atoms with Crippen molar-refractivity contribution in [3.05, 3.63) is 46.2 Å². The number of halogens is 1. The quantitative estimate of drug-likeness (QED) is 0.724. The van der Waals surface area contributed by atoms with Gasteiger partial charge in [0, 0.05) is 25.1 Å². The minimum atomic E-state index is -0.508. The third kappa shape index (κ3) is 5.48. The van der Waals surface area contributed by atoms with Gasteiger partial charge in [0.2, 0.25) is 0 Å². The van der Waals surface area contributed by atoms with E-state index in [0.29, 0.717) is 23.9 Å². The molecular formula is C18H21FN4O3S. The van der Waals surface area contributed by atoms with Crippen molar-refractivity contribution < 1.29 is 18.7 Å². The lowest BCUT2D eigenvalue weighted by Gasteiger charge is -2.22. The van der Waals surface area contributed by atoms with Crippen LogP contribution in [0.5, 0.6) is 0 Å². The van der Waals surface area contributed by atoms with Crippen LogP contribution in [-0.2, 0) is 11.3 Å². The van der Waals surface area contributed by atoms with Crippen molar-refractivity contribution in [2.45, 2.75) is 25.4 Å². The van der Waals surface area contributed by atoms with Gasteiger partial charge >= 0.3 is 6.03 Å². The Hall–Kier alpha value is -2.52. The molecule has 0 aliphatic heterocycles. The van der Waals surface area contributed by atoms with Crippen LogP contribution in [-0.4, -0.2) is 48.1 Å². The van der Waals surface area contributed by atoms with Crippen LogP contribution in [0.25, 0.3) is 0 Å². The summed E-state index contributed by atoms with van der Waals surface area (Å²) in [5.41, 5.74) is 0.455. The molecule has 3 rings (SSSR count). The van der Waals surface area contributed by atoms with Gasteiger partial charge < -0.3 is 20.3 Å². The number of thiazole rings is 1. The van der Waals surface area contributed by atoms with Crippen LogP contribution in [0.15, 0.2) is 29.6 Å². The van der Waals surface area contributed by atoms with Crippen LogP contribution in [0.1, 0.15) is 28.3 Å². The fraction of sp³-hybridized carbons (Fsp3) is 0.389. The van der Waals surface area contributed by atoms with E-state index in [0.717, 1.165) is 12.8 Å². The minimum absolute atomic E-state index is 0.105. The Morgan fingerprint density at radius 1 is 1.37 bits per heavy atom. The molecule has 1 aliphatic carbocycles. The van der Waals surface area contributed by atoms with Gasteiger partial charge in [0.05, 0.1) is 18.8 Å². The molecule has 2 N–H and O–H groups in total. The van der Waals surface area contributed by atoms with Crippen molar-refractivity contribution in [2.24, 2.45) is 0 Å². The molecule has 27 heavy (non-hydrogen) atoms. The first-order valence-corrected chi connectivity index (χ1v) is 9.49. The Morgan fingerprint density at radius 2 is 2.15 bits per heavy atom. The number of hydrogen-bond acceptors (Lipinski definition) is 5. The van der Waals surface area contributed by atoms with Gasteiger partial charge in [-0.25, -0.2) is 14.2 Å². The fourth-order valence-corrected chi connectivity index (χ4v) is 3.14. The summed E-state index contributed by atoms with van der Waals surface area (Å²) in [6, 6.07) is 5.76. The molecule has 1 aromatic heterocycles. The predicted molar refractivity (Wildman–Crippen MR) is 100 cm³/mol. The molecule has 0 spiro atoms. The monoisotopic (exact) mass is 392 g/mol. The first-order chi connectivity index (χ1) is 13.1. The number of amides is 3. The number of aromatic nitrogens is 1. The molecule has 0 bridgehead atoms. The van der Waals surface area contributed by atoms with Crippen molar-refractivity contribution in [2.75, 3.05) is 25.6 Å². The van der Waals surface area contributed by atoms with E-state index < -0.39 is 11.8 Å². The van der Waals surface area contributed by atoms with E-state index in [-0.39, 0.29) is 24.2 Å². The van der Waals surface area contributed by atoms with Crippen molar-refractivity contribution >= 4 is 29.0 Å². The third-order valence-electron chi connectivity index (χ3n) is 3.99. The highest BCUT2D eigenvalue weighted by Crippen LogP contribution is 2.20. The summed E-state index contributed by atoms with van der Waals surface area (Å²) in [7, 11) is 1.54. The highest BCUT2D eigenvalue weighted by Gasteiger charge is 2.25. The second kappa shape index (κ2) is 8.92. The number of benzene rings is 1. The van der Waals surface area contributed by atoms with Crippen LogP contribution < -0.4 is 10.6 Å². The summed E-state index contributed by atoms with van der Waals surface area (Å²) in [4.78, 5) is 30.4. The number of methoxy groups -OCH3 is 1. The summed E-state index contributed by atoms with van der Waals surface area (Å²) in [6.07, 6.45) is 2.01.